The minimum Gasteiger partial charge on any atom is -0.490 e. The molecule has 0 fully saturated rings. The molecule has 0 unspecified atom stereocenters. The van der Waals surface area contributed by atoms with Crippen molar-refractivity contribution in [1.82, 2.24) is 0 Å². The summed E-state index contributed by atoms with van der Waals surface area (Å²) in [6.45, 7) is 8.86. The van der Waals surface area contributed by atoms with E-state index in [1.807, 2.05) is 13.8 Å². The predicted molar refractivity (Wildman–Crippen MR) is 112 cm³/mol. The Bertz CT molecular complexity index is 907. The van der Waals surface area contributed by atoms with Gasteiger partial charge in [0.25, 0.3) is 5.91 Å². The van der Waals surface area contributed by atoms with Crippen molar-refractivity contribution in [2.45, 2.75) is 34.1 Å². The molecule has 3 rings (SSSR count). The van der Waals surface area contributed by atoms with Crippen LogP contribution in [0.1, 0.15) is 44.5 Å². The van der Waals surface area contributed by atoms with Crippen molar-refractivity contribution in [2.24, 2.45) is 11.3 Å². The van der Waals surface area contributed by atoms with Crippen LogP contribution in [-0.4, -0.2) is 25.0 Å². The van der Waals surface area contributed by atoms with E-state index in [2.05, 4.69) is 19.2 Å². The van der Waals surface area contributed by atoms with Crippen molar-refractivity contribution in [3.63, 3.8) is 0 Å². The quantitative estimate of drug-likeness (QED) is 0.781. The Morgan fingerprint density at radius 1 is 1.21 bits per heavy atom. The lowest BCUT2D eigenvalue weighted by molar-refractivity contribution is -0.127. The van der Waals surface area contributed by atoms with Crippen LogP contribution in [-0.2, 0) is 4.79 Å². The number of hydrogen-bond acceptors (Lipinski definition) is 3. The lowest BCUT2D eigenvalue weighted by Crippen LogP contribution is -2.42. The zero-order valence-corrected chi connectivity index (χ0v) is 17.3. The second-order valence-electron chi connectivity index (χ2n) is 8.46. The SMILES string of the molecule is CC(C)CCN1C(=O)C(C)(C)COc2cc(NC(=O)c3ccc(F)cc3)ccc21. The molecule has 2 aromatic rings. The van der Waals surface area contributed by atoms with Crippen LogP contribution in [0.5, 0.6) is 5.75 Å². The third kappa shape index (κ3) is 4.75. The van der Waals surface area contributed by atoms with Crippen LogP contribution >= 0.6 is 0 Å². The lowest BCUT2D eigenvalue weighted by atomic mass is 9.92. The molecule has 29 heavy (non-hydrogen) atoms. The fourth-order valence-corrected chi connectivity index (χ4v) is 3.14. The van der Waals surface area contributed by atoms with Crippen molar-refractivity contribution in [3.8, 4) is 5.75 Å². The molecule has 154 valence electrons. The van der Waals surface area contributed by atoms with Crippen LogP contribution in [0.2, 0.25) is 0 Å². The van der Waals surface area contributed by atoms with E-state index in [1.54, 1.807) is 23.1 Å². The largest absolute Gasteiger partial charge is 0.490 e. The first-order chi connectivity index (χ1) is 13.7. The zero-order valence-electron chi connectivity index (χ0n) is 17.3. The molecule has 1 aliphatic rings. The Kier molecular flexibility index (Phi) is 5.91. The van der Waals surface area contributed by atoms with Gasteiger partial charge in [-0.25, -0.2) is 4.39 Å². The van der Waals surface area contributed by atoms with Gasteiger partial charge >= 0.3 is 0 Å². The van der Waals surface area contributed by atoms with Gasteiger partial charge in [0.05, 0.1) is 11.1 Å². The van der Waals surface area contributed by atoms with Gasteiger partial charge in [0, 0.05) is 23.9 Å². The molecule has 0 aromatic heterocycles. The Morgan fingerprint density at radius 2 is 1.90 bits per heavy atom. The number of nitrogens with zero attached hydrogens (tertiary/aromatic N) is 1. The fraction of sp³-hybridized carbons (Fsp3) is 0.391. The third-order valence-corrected chi connectivity index (χ3v) is 4.96. The first-order valence-corrected chi connectivity index (χ1v) is 9.83. The number of hydrogen-bond donors (Lipinski definition) is 1. The van der Waals surface area contributed by atoms with Crippen molar-refractivity contribution >= 4 is 23.2 Å². The number of rotatable bonds is 5. The van der Waals surface area contributed by atoms with Gasteiger partial charge in [-0.2, -0.15) is 0 Å². The average Bonchev–Trinajstić information content (AvgIpc) is 2.76. The summed E-state index contributed by atoms with van der Waals surface area (Å²) >= 11 is 0. The number of carbonyl (C=O) groups excluding carboxylic acids is 2. The summed E-state index contributed by atoms with van der Waals surface area (Å²) in [5, 5.41) is 2.80. The number of fused-ring (bicyclic) bond motifs is 1. The van der Waals surface area contributed by atoms with E-state index in [0.29, 0.717) is 35.2 Å². The highest BCUT2D eigenvalue weighted by molar-refractivity contribution is 6.05. The van der Waals surface area contributed by atoms with Gasteiger partial charge in [-0.3, -0.25) is 9.59 Å². The molecule has 1 aliphatic heterocycles. The Balaban J connectivity index is 1.87. The average molecular weight is 398 g/mol. The van der Waals surface area contributed by atoms with E-state index in [0.717, 1.165) is 6.42 Å². The second-order valence-corrected chi connectivity index (χ2v) is 8.46. The van der Waals surface area contributed by atoms with Gasteiger partial charge < -0.3 is 15.0 Å². The van der Waals surface area contributed by atoms with Crippen molar-refractivity contribution in [1.29, 1.82) is 0 Å². The molecule has 0 saturated heterocycles. The van der Waals surface area contributed by atoms with E-state index in [1.165, 1.54) is 24.3 Å². The third-order valence-electron chi connectivity index (χ3n) is 4.96. The van der Waals surface area contributed by atoms with Crippen molar-refractivity contribution in [3.05, 3.63) is 53.8 Å². The molecule has 0 atom stereocenters. The molecule has 6 heteroatoms. The second kappa shape index (κ2) is 8.23. The molecule has 1 N–H and O–H groups in total. The number of halogens is 1. The number of anilines is 2. The number of benzene rings is 2. The Labute approximate surface area is 170 Å². The monoisotopic (exact) mass is 398 g/mol. The molecule has 0 aliphatic carbocycles. The number of amides is 2. The standard InChI is InChI=1S/C23H27FN2O3/c1-15(2)11-12-26-19-10-9-18(13-20(19)29-14-23(3,4)22(26)28)25-21(27)16-5-7-17(24)8-6-16/h5-10,13,15H,11-12,14H2,1-4H3,(H,25,27). The lowest BCUT2D eigenvalue weighted by Gasteiger charge is -2.28. The van der Waals surface area contributed by atoms with Gasteiger partial charge in [-0.15, -0.1) is 0 Å². The number of carbonyl (C=O) groups is 2. The van der Waals surface area contributed by atoms with E-state index in [9.17, 15) is 14.0 Å². The smallest absolute Gasteiger partial charge is 0.255 e. The molecule has 2 amide bonds. The molecule has 0 bridgehead atoms. The summed E-state index contributed by atoms with van der Waals surface area (Å²) in [5.41, 5.74) is 0.972. The van der Waals surface area contributed by atoms with E-state index in [-0.39, 0.29) is 18.4 Å². The van der Waals surface area contributed by atoms with Crippen LogP contribution < -0.4 is 15.0 Å². The van der Waals surface area contributed by atoms with E-state index >= 15 is 0 Å². The van der Waals surface area contributed by atoms with E-state index < -0.39 is 11.2 Å². The van der Waals surface area contributed by atoms with Gasteiger partial charge in [-0.05, 0) is 62.6 Å². The highest BCUT2D eigenvalue weighted by atomic mass is 19.1. The first-order valence-electron chi connectivity index (χ1n) is 9.83. The number of ether oxygens (including phenoxy) is 1. The summed E-state index contributed by atoms with van der Waals surface area (Å²) in [4.78, 5) is 27.3. The molecule has 0 radical (unpaired) electrons. The molecule has 1 heterocycles. The molecular formula is C23H27FN2O3. The first kappa shape index (κ1) is 20.8. The molecule has 2 aromatic carbocycles. The maximum absolute atomic E-state index is 13.1. The van der Waals surface area contributed by atoms with E-state index in [4.69, 9.17) is 4.74 Å². The maximum atomic E-state index is 13.1. The molecule has 0 spiro atoms. The fourth-order valence-electron chi connectivity index (χ4n) is 3.14. The summed E-state index contributed by atoms with van der Waals surface area (Å²) < 4.78 is 19.0. The van der Waals surface area contributed by atoms with Gasteiger partial charge in [0.15, 0.2) is 0 Å². The molecule has 0 saturated carbocycles. The summed E-state index contributed by atoms with van der Waals surface area (Å²) in [5.74, 6) is 0.317. The highest BCUT2D eigenvalue weighted by Gasteiger charge is 2.37. The van der Waals surface area contributed by atoms with Crippen LogP contribution in [0.4, 0.5) is 15.8 Å². The Hall–Kier alpha value is -2.89. The van der Waals surface area contributed by atoms with Crippen LogP contribution in [0, 0.1) is 17.2 Å². The predicted octanol–water partition coefficient (Wildman–Crippen LogP) is 4.88. The number of nitrogens with one attached hydrogen (secondary N) is 1. The zero-order chi connectivity index (χ0) is 21.2. The summed E-state index contributed by atoms with van der Waals surface area (Å²) in [7, 11) is 0. The highest BCUT2D eigenvalue weighted by Crippen LogP contribution is 2.38. The minimum atomic E-state index is -0.645. The van der Waals surface area contributed by atoms with Crippen LogP contribution in [0.25, 0.3) is 0 Å². The molecule has 5 nitrogen and oxygen atoms in total. The van der Waals surface area contributed by atoms with Crippen molar-refractivity contribution < 1.29 is 18.7 Å². The maximum Gasteiger partial charge on any atom is 0.255 e. The van der Waals surface area contributed by atoms with Gasteiger partial charge in [0.2, 0.25) is 5.91 Å². The normalized spacial score (nSPS) is 15.5. The molecular weight excluding hydrogens is 371 g/mol. The Morgan fingerprint density at radius 3 is 2.55 bits per heavy atom. The minimum absolute atomic E-state index is 0.0278. The summed E-state index contributed by atoms with van der Waals surface area (Å²) in [6.07, 6.45) is 0.879. The van der Waals surface area contributed by atoms with Crippen molar-refractivity contribution in [2.75, 3.05) is 23.4 Å². The topological polar surface area (TPSA) is 58.6 Å². The van der Waals surface area contributed by atoms with Crippen LogP contribution in [0.15, 0.2) is 42.5 Å². The van der Waals surface area contributed by atoms with Crippen LogP contribution in [0.3, 0.4) is 0 Å². The van der Waals surface area contributed by atoms with Gasteiger partial charge in [0.1, 0.15) is 18.2 Å². The summed E-state index contributed by atoms with van der Waals surface area (Å²) in [6, 6.07) is 10.6. The van der Waals surface area contributed by atoms with Gasteiger partial charge in [-0.1, -0.05) is 13.8 Å².